The summed E-state index contributed by atoms with van der Waals surface area (Å²) in [6.45, 7) is 9.54. The summed E-state index contributed by atoms with van der Waals surface area (Å²) in [5.41, 5.74) is 0. The van der Waals surface area contributed by atoms with Crippen LogP contribution in [0.5, 0.6) is 0 Å². The van der Waals surface area contributed by atoms with Crippen molar-refractivity contribution in [3.8, 4) is 0 Å². The number of esters is 1. The minimum atomic E-state index is -0.128. The molecule has 0 N–H and O–H groups in total. The van der Waals surface area contributed by atoms with Gasteiger partial charge in [-0.3, -0.25) is 4.79 Å². The molecule has 0 rings (SSSR count). The lowest BCUT2D eigenvalue weighted by molar-refractivity contribution is -0.144. The van der Waals surface area contributed by atoms with Crippen LogP contribution >= 0.6 is 0 Å². The van der Waals surface area contributed by atoms with E-state index in [1.54, 1.807) is 0 Å². The van der Waals surface area contributed by atoms with Crippen molar-refractivity contribution in [1.29, 1.82) is 0 Å². The Balaban J connectivity index is 3.12. The molecule has 0 fully saturated rings. The van der Waals surface area contributed by atoms with Gasteiger partial charge in [0, 0.05) is 13.0 Å². The summed E-state index contributed by atoms with van der Waals surface area (Å²) in [5, 5.41) is 0. The van der Waals surface area contributed by atoms with Gasteiger partial charge in [-0.2, -0.15) is 0 Å². The molecule has 0 saturated carbocycles. The van der Waals surface area contributed by atoms with Crippen molar-refractivity contribution in [2.24, 2.45) is 0 Å². The Hall–Kier alpha value is -0.650. The largest absolute Gasteiger partial charge is 0.466 e. The monoisotopic (exact) mass is 304 g/mol. The van der Waals surface area contributed by atoms with Gasteiger partial charge in [0.15, 0.2) is 0 Å². The lowest BCUT2D eigenvalue weighted by Crippen LogP contribution is -2.13. The van der Waals surface area contributed by atoms with Crippen LogP contribution in [0.1, 0.15) is 52.9 Å². The molecule has 0 amide bonds. The van der Waals surface area contributed by atoms with Gasteiger partial charge in [-0.1, -0.05) is 19.8 Å². The molecule has 5 heteroatoms. The summed E-state index contributed by atoms with van der Waals surface area (Å²) in [6, 6.07) is 0. The standard InChI is InChI=1S/C16H32O5/c1-4-5-6-10-21-16(17)8-7-9-18-11-12-19-13-14-20-15(2)3/h15H,4-14H2,1-3H3. The molecule has 0 radical (unpaired) electrons. The normalized spacial score (nSPS) is 11.0. The molecule has 0 aliphatic heterocycles. The van der Waals surface area contributed by atoms with Crippen molar-refractivity contribution >= 4 is 5.97 Å². The molecule has 126 valence electrons. The highest BCUT2D eigenvalue weighted by atomic mass is 16.5. The van der Waals surface area contributed by atoms with Gasteiger partial charge >= 0.3 is 5.97 Å². The highest BCUT2D eigenvalue weighted by molar-refractivity contribution is 5.69. The number of carbonyl (C=O) groups is 1. The van der Waals surface area contributed by atoms with Crippen molar-refractivity contribution in [2.45, 2.75) is 59.0 Å². The molecule has 0 heterocycles. The first-order chi connectivity index (χ1) is 10.2. The zero-order chi connectivity index (χ0) is 15.8. The summed E-state index contributed by atoms with van der Waals surface area (Å²) in [4.78, 5) is 11.4. The van der Waals surface area contributed by atoms with Gasteiger partial charge in [0.25, 0.3) is 0 Å². The smallest absolute Gasteiger partial charge is 0.305 e. The number of unbranched alkanes of at least 4 members (excludes halogenated alkanes) is 2. The number of hydrogen-bond acceptors (Lipinski definition) is 5. The molecule has 21 heavy (non-hydrogen) atoms. The van der Waals surface area contributed by atoms with Crippen molar-refractivity contribution < 1.29 is 23.7 Å². The van der Waals surface area contributed by atoms with Crippen molar-refractivity contribution in [3.63, 3.8) is 0 Å². The second-order valence-electron chi connectivity index (χ2n) is 5.18. The average Bonchev–Trinajstić information content (AvgIpc) is 2.45. The Kier molecular flexibility index (Phi) is 15.2. The van der Waals surface area contributed by atoms with Gasteiger partial charge in [-0.25, -0.2) is 0 Å². The maximum Gasteiger partial charge on any atom is 0.305 e. The van der Waals surface area contributed by atoms with Gasteiger partial charge in [-0.15, -0.1) is 0 Å². The third-order valence-corrected chi connectivity index (χ3v) is 2.73. The Morgan fingerprint density at radius 1 is 0.857 bits per heavy atom. The number of carbonyl (C=O) groups excluding carboxylic acids is 1. The first kappa shape index (κ1) is 20.3. The quantitative estimate of drug-likeness (QED) is 0.344. The van der Waals surface area contributed by atoms with Gasteiger partial charge in [-0.05, 0) is 26.7 Å². The zero-order valence-corrected chi connectivity index (χ0v) is 13.9. The van der Waals surface area contributed by atoms with Crippen LogP contribution in [0.15, 0.2) is 0 Å². The Labute approximate surface area is 129 Å². The van der Waals surface area contributed by atoms with Crippen LogP contribution in [-0.4, -0.2) is 51.7 Å². The lowest BCUT2D eigenvalue weighted by Gasteiger charge is -2.08. The third kappa shape index (κ3) is 17.3. The van der Waals surface area contributed by atoms with E-state index in [-0.39, 0.29) is 12.1 Å². The maximum absolute atomic E-state index is 11.4. The van der Waals surface area contributed by atoms with E-state index in [9.17, 15) is 4.79 Å². The molecule has 5 nitrogen and oxygen atoms in total. The second-order valence-corrected chi connectivity index (χ2v) is 5.18. The SMILES string of the molecule is CCCCCOC(=O)CCCOCCOCCOC(C)C. The van der Waals surface area contributed by atoms with Gasteiger partial charge in [0.05, 0.1) is 39.1 Å². The van der Waals surface area contributed by atoms with Crippen molar-refractivity contribution in [3.05, 3.63) is 0 Å². The van der Waals surface area contributed by atoms with E-state index in [2.05, 4.69) is 6.92 Å². The van der Waals surface area contributed by atoms with Crippen LogP contribution < -0.4 is 0 Å². The van der Waals surface area contributed by atoms with E-state index in [0.29, 0.717) is 52.5 Å². The number of hydrogen-bond donors (Lipinski definition) is 0. The molecule has 0 spiro atoms. The molecule has 0 aromatic carbocycles. The van der Waals surface area contributed by atoms with E-state index in [0.717, 1.165) is 19.3 Å². The molecule has 0 aromatic heterocycles. The summed E-state index contributed by atoms with van der Waals surface area (Å²) < 4.78 is 21.2. The van der Waals surface area contributed by atoms with E-state index >= 15 is 0 Å². The first-order valence-electron chi connectivity index (χ1n) is 8.09. The fourth-order valence-electron chi connectivity index (χ4n) is 1.59. The van der Waals surface area contributed by atoms with E-state index < -0.39 is 0 Å². The Bertz CT molecular complexity index is 231. The molecule has 0 atom stereocenters. The van der Waals surface area contributed by atoms with Crippen LogP contribution in [0.3, 0.4) is 0 Å². The topological polar surface area (TPSA) is 54.0 Å². The molecular formula is C16H32O5. The van der Waals surface area contributed by atoms with E-state index in [4.69, 9.17) is 18.9 Å². The summed E-state index contributed by atoms with van der Waals surface area (Å²) >= 11 is 0. The highest BCUT2D eigenvalue weighted by Crippen LogP contribution is 1.98. The van der Waals surface area contributed by atoms with Crippen LogP contribution in [0.2, 0.25) is 0 Å². The number of ether oxygens (including phenoxy) is 4. The molecule has 0 aliphatic rings. The maximum atomic E-state index is 11.4. The molecule has 0 unspecified atom stereocenters. The fraction of sp³-hybridized carbons (Fsp3) is 0.938. The van der Waals surface area contributed by atoms with Crippen LogP contribution in [0.4, 0.5) is 0 Å². The predicted molar refractivity (Wildman–Crippen MR) is 82.4 cm³/mol. The summed E-state index contributed by atoms with van der Waals surface area (Å²) in [7, 11) is 0. The molecule has 0 aromatic rings. The minimum Gasteiger partial charge on any atom is -0.466 e. The minimum absolute atomic E-state index is 0.128. The summed E-state index contributed by atoms with van der Waals surface area (Å²) in [6.07, 6.45) is 4.57. The number of rotatable bonds is 15. The summed E-state index contributed by atoms with van der Waals surface area (Å²) in [5.74, 6) is -0.128. The molecular weight excluding hydrogens is 272 g/mol. The van der Waals surface area contributed by atoms with Crippen molar-refractivity contribution in [1.82, 2.24) is 0 Å². The van der Waals surface area contributed by atoms with E-state index in [1.807, 2.05) is 13.8 Å². The van der Waals surface area contributed by atoms with E-state index in [1.165, 1.54) is 0 Å². The molecule has 0 saturated heterocycles. The first-order valence-corrected chi connectivity index (χ1v) is 8.09. The predicted octanol–water partition coefficient (Wildman–Crippen LogP) is 2.96. The zero-order valence-electron chi connectivity index (χ0n) is 13.9. The Morgan fingerprint density at radius 2 is 1.52 bits per heavy atom. The van der Waals surface area contributed by atoms with Gasteiger partial charge in [0.1, 0.15) is 0 Å². The van der Waals surface area contributed by atoms with Crippen LogP contribution in [-0.2, 0) is 23.7 Å². The molecule has 0 aliphatic carbocycles. The van der Waals surface area contributed by atoms with Crippen LogP contribution in [0.25, 0.3) is 0 Å². The average molecular weight is 304 g/mol. The van der Waals surface area contributed by atoms with Gasteiger partial charge < -0.3 is 18.9 Å². The second kappa shape index (κ2) is 15.7. The van der Waals surface area contributed by atoms with Crippen LogP contribution in [0, 0.1) is 0 Å². The molecule has 0 bridgehead atoms. The van der Waals surface area contributed by atoms with Crippen molar-refractivity contribution in [2.75, 3.05) is 39.6 Å². The fourth-order valence-corrected chi connectivity index (χ4v) is 1.59. The third-order valence-electron chi connectivity index (χ3n) is 2.73. The highest BCUT2D eigenvalue weighted by Gasteiger charge is 2.02. The van der Waals surface area contributed by atoms with Gasteiger partial charge in [0.2, 0.25) is 0 Å². The lowest BCUT2D eigenvalue weighted by atomic mass is 10.3. The Morgan fingerprint density at radius 3 is 2.19 bits per heavy atom.